The van der Waals surface area contributed by atoms with Gasteiger partial charge in [0.2, 0.25) is 0 Å². The van der Waals surface area contributed by atoms with Gasteiger partial charge in [0.15, 0.2) is 0 Å². The Labute approximate surface area is 120 Å². The van der Waals surface area contributed by atoms with Crippen LogP contribution in [0.3, 0.4) is 0 Å². The van der Waals surface area contributed by atoms with Gasteiger partial charge in [-0.2, -0.15) is 0 Å². The number of nitrogens with one attached hydrogen (secondary N) is 1. The Morgan fingerprint density at radius 3 is 2.65 bits per heavy atom. The van der Waals surface area contributed by atoms with Crippen molar-refractivity contribution in [2.24, 2.45) is 5.41 Å². The van der Waals surface area contributed by atoms with E-state index in [1.54, 1.807) is 0 Å². The number of thiophene rings is 1. The van der Waals surface area contributed by atoms with Crippen LogP contribution in [0.1, 0.15) is 36.5 Å². The zero-order valence-electron chi connectivity index (χ0n) is 12.0. The summed E-state index contributed by atoms with van der Waals surface area (Å²) in [6.07, 6.45) is 0.470. The van der Waals surface area contributed by atoms with Crippen LogP contribution in [0.5, 0.6) is 0 Å². The number of aliphatic carboxylic acids is 1. The maximum Gasteiger partial charge on any atom is 0.303 e. The number of H-pyrrole nitrogens is 1. The maximum absolute atomic E-state index is 12.1. The van der Waals surface area contributed by atoms with Crippen molar-refractivity contribution in [3.8, 4) is 0 Å². The molecule has 2 aromatic heterocycles. The van der Waals surface area contributed by atoms with Gasteiger partial charge in [0, 0.05) is 11.3 Å². The van der Waals surface area contributed by atoms with E-state index in [1.807, 2.05) is 27.7 Å². The standard InChI is InChI=1S/C14H18N2O3S/c1-7-8(2)20-13-11(7)12(19)15-9(16-13)5-14(3,4)6-10(17)18/h5-6H2,1-4H3,(H,17,18)(H,15,16,19). The lowest BCUT2D eigenvalue weighted by Gasteiger charge is -2.21. The first-order chi connectivity index (χ1) is 9.19. The molecule has 0 aliphatic carbocycles. The number of rotatable bonds is 4. The lowest BCUT2D eigenvalue weighted by Crippen LogP contribution is -2.23. The number of carboxylic acid groups (broad SMARTS) is 1. The second kappa shape index (κ2) is 5.01. The van der Waals surface area contributed by atoms with Crippen LogP contribution in [0.25, 0.3) is 10.2 Å². The molecule has 2 aromatic rings. The third-order valence-electron chi connectivity index (χ3n) is 3.36. The number of aromatic nitrogens is 2. The first kappa shape index (κ1) is 14.7. The van der Waals surface area contributed by atoms with Crippen LogP contribution in [0, 0.1) is 19.3 Å². The summed E-state index contributed by atoms with van der Waals surface area (Å²) < 4.78 is 0. The molecular formula is C14H18N2O3S. The summed E-state index contributed by atoms with van der Waals surface area (Å²) in [4.78, 5) is 32.0. The minimum absolute atomic E-state index is 0.0389. The van der Waals surface area contributed by atoms with Crippen molar-refractivity contribution in [2.45, 2.75) is 40.5 Å². The highest BCUT2D eigenvalue weighted by molar-refractivity contribution is 7.18. The Morgan fingerprint density at radius 1 is 1.40 bits per heavy atom. The Balaban J connectivity index is 2.42. The van der Waals surface area contributed by atoms with E-state index in [0.717, 1.165) is 15.3 Å². The molecular weight excluding hydrogens is 276 g/mol. The molecule has 2 rings (SSSR count). The van der Waals surface area contributed by atoms with Crippen LogP contribution in [-0.4, -0.2) is 21.0 Å². The average molecular weight is 294 g/mol. The fourth-order valence-electron chi connectivity index (χ4n) is 2.31. The lowest BCUT2D eigenvalue weighted by molar-refractivity contribution is -0.139. The summed E-state index contributed by atoms with van der Waals surface area (Å²) in [5, 5.41) is 9.55. The molecule has 6 heteroatoms. The minimum atomic E-state index is -0.846. The van der Waals surface area contributed by atoms with Gasteiger partial charge in [-0.25, -0.2) is 4.98 Å². The van der Waals surface area contributed by atoms with Crippen LogP contribution < -0.4 is 5.56 Å². The van der Waals surface area contributed by atoms with Crippen molar-refractivity contribution >= 4 is 27.5 Å². The minimum Gasteiger partial charge on any atom is -0.481 e. The van der Waals surface area contributed by atoms with Gasteiger partial charge >= 0.3 is 5.97 Å². The molecule has 0 aliphatic rings. The normalized spacial score (nSPS) is 12.0. The third kappa shape index (κ3) is 2.90. The Morgan fingerprint density at radius 2 is 2.05 bits per heavy atom. The van der Waals surface area contributed by atoms with E-state index in [4.69, 9.17) is 5.11 Å². The molecule has 20 heavy (non-hydrogen) atoms. The van der Waals surface area contributed by atoms with E-state index in [1.165, 1.54) is 11.3 Å². The van der Waals surface area contributed by atoms with Gasteiger partial charge in [-0.15, -0.1) is 11.3 Å². The van der Waals surface area contributed by atoms with Crippen molar-refractivity contribution in [3.63, 3.8) is 0 Å². The van der Waals surface area contributed by atoms with Gasteiger partial charge in [0.05, 0.1) is 11.8 Å². The van der Waals surface area contributed by atoms with Gasteiger partial charge in [0.1, 0.15) is 10.7 Å². The van der Waals surface area contributed by atoms with E-state index in [-0.39, 0.29) is 12.0 Å². The molecule has 0 saturated carbocycles. The van der Waals surface area contributed by atoms with Crippen molar-refractivity contribution in [1.29, 1.82) is 0 Å². The van der Waals surface area contributed by atoms with E-state index in [9.17, 15) is 9.59 Å². The van der Waals surface area contributed by atoms with Crippen LogP contribution in [0.4, 0.5) is 0 Å². The van der Waals surface area contributed by atoms with E-state index < -0.39 is 11.4 Å². The first-order valence-corrected chi connectivity index (χ1v) is 7.22. The monoisotopic (exact) mass is 294 g/mol. The summed E-state index contributed by atoms with van der Waals surface area (Å²) in [5.74, 6) is -0.295. The predicted octanol–water partition coefficient (Wildman–Crippen LogP) is 2.64. The summed E-state index contributed by atoms with van der Waals surface area (Å²) in [7, 11) is 0. The molecule has 108 valence electrons. The Kier molecular flexibility index (Phi) is 3.69. The number of carboxylic acids is 1. The SMILES string of the molecule is Cc1sc2nc(CC(C)(C)CC(=O)O)[nH]c(=O)c2c1C. The third-order valence-corrected chi connectivity index (χ3v) is 4.47. The molecule has 0 fully saturated rings. The molecule has 2 heterocycles. The number of nitrogens with zero attached hydrogens (tertiary/aromatic N) is 1. The number of hydrogen-bond acceptors (Lipinski definition) is 4. The molecule has 0 radical (unpaired) electrons. The molecule has 0 saturated heterocycles. The number of fused-ring (bicyclic) bond motifs is 1. The molecule has 2 N–H and O–H groups in total. The quantitative estimate of drug-likeness (QED) is 0.908. The van der Waals surface area contributed by atoms with Crippen molar-refractivity contribution < 1.29 is 9.90 Å². The first-order valence-electron chi connectivity index (χ1n) is 6.40. The van der Waals surface area contributed by atoms with E-state index in [0.29, 0.717) is 17.6 Å². The molecule has 0 bridgehead atoms. The molecule has 5 nitrogen and oxygen atoms in total. The van der Waals surface area contributed by atoms with E-state index in [2.05, 4.69) is 9.97 Å². The predicted molar refractivity (Wildman–Crippen MR) is 79.5 cm³/mol. The second-order valence-electron chi connectivity index (χ2n) is 5.89. The molecule has 0 amide bonds. The van der Waals surface area contributed by atoms with E-state index >= 15 is 0 Å². The zero-order chi connectivity index (χ0) is 15.1. The van der Waals surface area contributed by atoms with Gasteiger partial charge < -0.3 is 10.1 Å². The largest absolute Gasteiger partial charge is 0.481 e. The van der Waals surface area contributed by atoms with Gasteiger partial charge in [-0.1, -0.05) is 13.8 Å². The van der Waals surface area contributed by atoms with Crippen LogP contribution >= 0.6 is 11.3 Å². The van der Waals surface area contributed by atoms with Crippen LogP contribution in [0.15, 0.2) is 4.79 Å². The molecule has 0 atom stereocenters. The molecule has 0 spiro atoms. The summed E-state index contributed by atoms with van der Waals surface area (Å²) in [5.41, 5.74) is 0.379. The van der Waals surface area contributed by atoms with Crippen molar-refractivity contribution in [3.05, 3.63) is 26.6 Å². The Bertz CT molecular complexity index is 728. The topological polar surface area (TPSA) is 83.0 Å². The summed E-state index contributed by atoms with van der Waals surface area (Å²) in [6, 6.07) is 0. The van der Waals surface area contributed by atoms with Crippen molar-refractivity contribution in [2.75, 3.05) is 0 Å². The highest BCUT2D eigenvalue weighted by atomic mass is 32.1. The smallest absolute Gasteiger partial charge is 0.303 e. The zero-order valence-corrected chi connectivity index (χ0v) is 12.8. The summed E-state index contributed by atoms with van der Waals surface area (Å²) >= 11 is 1.50. The number of aryl methyl sites for hydroxylation is 2. The average Bonchev–Trinajstić information content (AvgIpc) is 2.51. The maximum atomic E-state index is 12.1. The number of aromatic amines is 1. The highest BCUT2D eigenvalue weighted by Crippen LogP contribution is 2.28. The van der Waals surface area contributed by atoms with Gasteiger partial charge in [0.25, 0.3) is 5.56 Å². The number of carbonyl (C=O) groups is 1. The lowest BCUT2D eigenvalue weighted by atomic mass is 9.85. The van der Waals surface area contributed by atoms with Gasteiger partial charge in [-0.05, 0) is 24.8 Å². The number of hydrogen-bond donors (Lipinski definition) is 2. The van der Waals surface area contributed by atoms with Crippen molar-refractivity contribution in [1.82, 2.24) is 9.97 Å². The fourth-order valence-corrected chi connectivity index (χ4v) is 3.36. The highest BCUT2D eigenvalue weighted by Gasteiger charge is 2.24. The molecule has 0 unspecified atom stereocenters. The Hall–Kier alpha value is -1.69. The van der Waals surface area contributed by atoms with Gasteiger partial charge in [-0.3, -0.25) is 9.59 Å². The molecule has 0 aliphatic heterocycles. The second-order valence-corrected chi connectivity index (χ2v) is 7.09. The van der Waals surface area contributed by atoms with Crippen LogP contribution in [0.2, 0.25) is 0 Å². The van der Waals surface area contributed by atoms with Crippen LogP contribution in [-0.2, 0) is 11.2 Å². The molecule has 0 aromatic carbocycles. The fraction of sp³-hybridized carbons (Fsp3) is 0.500. The summed E-state index contributed by atoms with van der Waals surface area (Å²) in [6.45, 7) is 7.60.